The third-order valence-electron chi connectivity index (χ3n) is 2.82. The zero-order chi connectivity index (χ0) is 17.0. The highest BCUT2D eigenvalue weighted by atomic mass is 16.1. The summed E-state index contributed by atoms with van der Waals surface area (Å²) in [4.78, 5) is 21.0. The van der Waals surface area contributed by atoms with Crippen LogP contribution in [0.2, 0.25) is 0 Å². The Hall–Kier alpha value is -3.98. The van der Waals surface area contributed by atoms with Crippen molar-refractivity contribution in [3.8, 4) is 47.4 Å². The second kappa shape index (κ2) is 9.12. The van der Waals surface area contributed by atoms with Gasteiger partial charge >= 0.3 is 0 Å². The number of aldehydes is 2. The van der Waals surface area contributed by atoms with Gasteiger partial charge in [-0.3, -0.25) is 9.59 Å². The molecule has 2 aromatic carbocycles. The van der Waals surface area contributed by atoms with Crippen molar-refractivity contribution in [3.05, 3.63) is 70.8 Å². The summed E-state index contributed by atoms with van der Waals surface area (Å²) in [5, 5.41) is 0. The van der Waals surface area contributed by atoms with Gasteiger partial charge in [-0.15, -0.1) is 0 Å². The lowest BCUT2D eigenvalue weighted by atomic mass is 10.1. The molecule has 2 rings (SSSR count). The fourth-order valence-corrected chi connectivity index (χ4v) is 1.62. The quantitative estimate of drug-likeness (QED) is 0.631. The van der Waals surface area contributed by atoms with Gasteiger partial charge in [-0.2, -0.15) is 0 Å². The smallest absolute Gasteiger partial charge is 0.150 e. The molecule has 0 bridgehead atoms. The summed E-state index contributed by atoms with van der Waals surface area (Å²) in [5.74, 6) is 21.5. The fourth-order valence-electron chi connectivity index (χ4n) is 1.62. The van der Waals surface area contributed by atoms with Crippen molar-refractivity contribution in [1.29, 1.82) is 0 Å². The molecule has 0 fully saturated rings. The number of benzene rings is 2. The molecule has 24 heavy (non-hydrogen) atoms. The summed E-state index contributed by atoms with van der Waals surface area (Å²) >= 11 is 0. The largest absolute Gasteiger partial charge is 0.298 e. The second-order valence-electron chi connectivity index (χ2n) is 4.48. The zero-order valence-corrected chi connectivity index (χ0v) is 12.6. The molecule has 0 unspecified atom stereocenters. The normalized spacial score (nSPS) is 7.83. The molecular weight excluding hydrogens is 296 g/mol. The van der Waals surface area contributed by atoms with E-state index in [4.69, 9.17) is 0 Å². The van der Waals surface area contributed by atoms with Crippen LogP contribution >= 0.6 is 0 Å². The summed E-state index contributed by atoms with van der Waals surface area (Å²) in [6, 6.07) is 13.8. The SMILES string of the molecule is O=Cc1ccc(C#CC#CC#CC#Cc2ccc(C=O)cc2)cc1. The van der Waals surface area contributed by atoms with Crippen LogP contribution in [0.1, 0.15) is 31.8 Å². The molecule has 0 aliphatic rings. The van der Waals surface area contributed by atoms with E-state index in [9.17, 15) is 9.59 Å². The van der Waals surface area contributed by atoms with Crippen LogP contribution in [0, 0.1) is 47.4 Å². The van der Waals surface area contributed by atoms with E-state index >= 15 is 0 Å². The van der Waals surface area contributed by atoms with Gasteiger partial charge in [0.1, 0.15) is 12.6 Å². The summed E-state index contributed by atoms with van der Waals surface area (Å²) in [5.41, 5.74) is 2.77. The highest BCUT2D eigenvalue weighted by Crippen LogP contribution is 2.00. The van der Waals surface area contributed by atoms with Crippen molar-refractivity contribution >= 4 is 12.6 Å². The minimum atomic E-state index is 0.608. The van der Waals surface area contributed by atoms with Crippen LogP contribution < -0.4 is 0 Å². The van der Waals surface area contributed by atoms with Crippen LogP contribution in [0.15, 0.2) is 48.5 Å². The molecule has 0 aromatic heterocycles. The Bertz CT molecular complexity index is 894. The Morgan fingerprint density at radius 2 is 0.833 bits per heavy atom. The van der Waals surface area contributed by atoms with E-state index in [0.717, 1.165) is 23.7 Å². The third-order valence-corrected chi connectivity index (χ3v) is 2.82. The summed E-state index contributed by atoms with van der Waals surface area (Å²) < 4.78 is 0. The van der Waals surface area contributed by atoms with E-state index in [1.165, 1.54) is 0 Å². The molecule has 0 aliphatic carbocycles. The highest BCUT2D eigenvalue weighted by molar-refractivity contribution is 5.75. The van der Waals surface area contributed by atoms with Crippen LogP contribution in [0.4, 0.5) is 0 Å². The van der Waals surface area contributed by atoms with E-state index in [1.807, 2.05) is 0 Å². The Morgan fingerprint density at radius 1 is 0.500 bits per heavy atom. The molecular formula is C22H10O2. The molecule has 0 saturated heterocycles. The van der Waals surface area contributed by atoms with Crippen molar-refractivity contribution in [2.24, 2.45) is 0 Å². The van der Waals surface area contributed by atoms with Crippen LogP contribution in [0.25, 0.3) is 0 Å². The zero-order valence-electron chi connectivity index (χ0n) is 12.6. The first-order chi connectivity index (χ1) is 11.8. The molecule has 110 valence electrons. The first kappa shape index (κ1) is 16.4. The monoisotopic (exact) mass is 306 g/mol. The number of hydrogen-bond acceptors (Lipinski definition) is 2. The van der Waals surface area contributed by atoms with Gasteiger partial charge < -0.3 is 0 Å². The van der Waals surface area contributed by atoms with E-state index in [2.05, 4.69) is 47.4 Å². The average Bonchev–Trinajstić information content (AvgIpc) is 2.65. The molecule has 2 heteroatoms. The molecule has 0 saturated carbocycles. The minimum absolute atomic E-state index is 0.608. The van der Waals surface area contributed by atoms with Crippen LogP contribution in [-0.4, -0.2) is 12.6 Å². The maximum Gasteiger partial charge on any atom is 0.150 e. The summed E-state index contributed by atoms with van der Waals surface area (Å²) in [6.07, 6.45) is 1.56. The highest BCUT2D eigenvalue weighted by Gasteiger charge is 1.89. The standard InChI is InChI=1S/C22H10O2/c23-17-21-13-9-19(10-14-21)7-5-3-1-2-4-6-8-20-11-15-22(18-24)16-12-20/h9-18H. The predicted molar refractivity (Wildman–Crippen MR) is 93.0 cm³/mol. The number of hydrogen-bond donors (Lipinski definition) is 0. The molecule has 2 nitrogen and oxygen atoms in total. The lowest BCUT2D eigenvalue weighted by Gasteiger charge is -1.89. The van der Waals surface area contributed by atoms with Crippen molar-refractivity contribution in [3.63, 3.8) is 0 Å². The molecule has 0 heterocycles. The average molecular weight is 306 g/mol. The van der Waals surface area contributed by atoms with E-state index in [1.54, 1.807) is 48.5 Å². The van der Waals surface area contributed by atoms with Gasteiger partial charge in [-0.05, 0) is 59.8 Å². The first-order valence-corrected chi connectivity index (χ1v) is 6.94. The van der Waals surface area contributed by atoms with Crippen LogP contribution in [0.3, 0.4) is 0 Å². The molecule has 0 spiro atoms. The van der Waals surface area contributed by atoms with Gasteiger partial charge in [-0.1, -0.05) is 36.1 Å². The van der Waals surface area contributed by atoms with Crippen molar-refractivity contribution in [2.75, 3.05) is 0 Å². The van der Waals surface area contributed by atoms with Crippen LogP contribution in [0.5, 0.6) is 0 Å². The Kier molecular flexibility index (Phi) is 6.23. The minimum Gasteiger partial charge on any atom is -0.298 e. The maximum atomic E-state index is 10.5. The first-order valence-electron chi connectivity index (χ1n) is 6.94. The van der Waals surface area contributed by atoms with Crippen molar-refractivity contribution in [1.82, 2.24) is 0 Å². The van der Waals surface area contributed by atoms with E-state index in [0.29, 0.717) is 11.1 Å². The van der Waals surface area contributed by atoms with Gasteiger partial charge in [-0.25, -0.2) is 0 Å². The molecule has 0 radical (unpaired) electrons. The second-order valence-corrected chi connectivity index (χ2v) is 4.48. The molecule has 0 atom stereocenters. The Balaban J connectivity index is 1.93. The molecule has 2 aromatic rings. The van der Waals surface area contributed by atoms with Gasteiger partial charge in [0.25, 0.3) is 0 Å². The third kappa shape index (κ3) is 5.42. The lowest BCUT2D eigenvalue weighted by Crippen LogP contribution is -1.79. The van der Waals surface area contributed by atoms with Crippen molar-refractivity contribution in [2.45, 2.75) is 0 Å². The fraction of sp³-hybridized carbons (Fsp3) is 0. The number of carbonyl (C=O) groups excluding carboxylic acids is 2. The predicted octanol–water partition coefficient (Wildman–Crippen LogP) is 2.72. The van der Waals surface area contributed by atoms with Gasteiger partial charge in [0.15, 0.2) is 0 Å². The van der Waals surface area contributed by atoms with Gasteiger partial charge in [0.2, 0.25) is 0 Å². The summed E-state index contributed by atoms with van der Waals surface area (Å²) in [7, 11) is 0. The van der Waals surface area contributed by atoms with Gasteiger partial charge in [0, 0.05) is 22.3 Å². The summed E-state index contributed by atoms with van der Waals surface area (Å²) in [6.45, 7) is 0. The molecule has 0 amide bonds. The topological polar surface area (TPSA) is 34.1 Å². The molecule has 0 N–H and O–H groups in total. The Morgan fingerprint density at radius 3 is 1.17 bits per heavy atom. The van der Waals surface area contributed by atoms with Crippen LogP contribution in [-0.2, 0) is 0 Å². The van der Waals surface area contributed by atoms with E-state index in [-0.39, 0.29) is 0 Å². The lowest BCUT2D eigenvalue weighted by molar-refractivity contribution is 0.111. The molecule has 0 aliphatic heterocycles. The number of carbonyl (C=O) groups is 2. The maximum absolute atomic E-state index is 10.5. The number of rotatable bonds is 2. The Labute approximate surface area is 140 Å². The van der Waals surface area contributed by atoms with Gasteiger partial charge in [0.05, 0.1) is 0 Å². The van der Waals surface area contributed by atoms with Crippen molar-refractivity contribution < 1.29 is 9.59 Å². The van der Waals surface area contributed by atoms with E-state index < -0.39 is 0 Å².